The monoisotopic (exact) mass is 318 g/mol. The highest BCUT2D eigenvalue weighted by molar-refractivity contribution is 6.42. The van der Waals surface area contributed by atoms with E-state index < -0.39 is 0 Å². The van der Waals surface area contributed by atoms with Crippen LogP contribution in [0.25, 0.3) is 5.70 Å². The highest BCUT2D eigenvalue weighted by atomic mass is 35.5. The minimum atomic E-state index is -0.269. The Bertz CT molecular complexity index is 771. The van der Waals surface area contributed by atoms with Gasteiger partial charge in [0.1, 0.15) is 0 Å². The van der Waals surface area contributed by atoms with Crippen LogP contribution >= 0.6 is 23.2 Å². The number of halogens is 2. The number of nitrogens with one attached hydrogen (secondary N) is 1. The summed E-state index contributed by atoms with van der Waals surface area (Å²) in [5.41, 5.74) is 3.97. The number of benzene rings is 2. The zero-order valence-corrected chi connectivity index (χ0v) is 12.8. The lowest BCUT2D eigenvalue weighted by Gasteiger charge is -2.31. The van der Waals surface area contributed by atoms with Gasteiger partial charge in [0.15, 0.2) is 0 Å². The number of rotatable bonds is 1. The van der Waals surface area contributed by atoms with Gasteiger partial charge in [-0.15, -0.1) is 0 Å². The first-order chi connectivity index (χ1) is 9.97. The number of amides is 2. The molecular formula is C16H12Cl2N2O. The second-order valence-electron chi connectivity index (χ2n) is 4.86. The van der Waals surface area contributed by atoms with E-state index in [0.717, 1.165) is 16.8 Å². The molecule has 2 aromatic rings. The summed E-state index contributed by atoms with van der Waals surface area (Å²) >= 11 is 12.0. The first-order valence-electron chi connectivity index (χ1n) is 6.33. The predicted octanol–water partition coefficient (Wildman–Crippen LogP) is 5.32. The Hall–Kier alpha value is -1.97. The highest BCUT2D eigenvalue weighted by Crippen LogP contribution is 2.37. The molecule has 3 rings (SSSR count). The van der Waals surface area contributed by atoms with Crippen LogP contribution in [0.15, 0.2) is 43.0 Å². The molecule has 0 radical (unpaired) electrons. The molecule has 0 saturated carbocycles. The molecule has 0 aromatic heterocycles. The van der Waals surface area contributed by atoms with E-state index in [1.54, 1.807) is 18.2 Å². The molecule has 1 aliphatic heterocycles. The second kappa shape index (κ2) is 5.10. The fourth-order valence-electron chi connectivity index (χ4n) is 2.32. The third-order valence-corrected chi connectivity index (χ3v) is 4.10. The van der Waals surface area contributed by atoms with Crippen LogP contribution in [0.1, 0.15) is 11.1 Å². The lowest BCUT2D eigenvalue weighted by molar-refractivity contribution is 0.259. The number of carbonyl (C=O) groups is 1. The maximum Gasteiger partial charge on any atom is 0.330 e. The van der Waals surface area contributed by atoms with Crippen molar-refractivity contribution in [1.82, 2.24) is 0 Å². The van der Waals surface area contributed by atoms with Crippen LogP contribution in [0.4, 0.5) is 16.2 Å². The van der Waals surface area contributed by atoms with Crippen LogP contribution in [-0.2, 0) is 0 Å². The standard InChI is InChI=1S/C16H12Cl2N2O/c1-9-3-6-15-12(7-9)10(2)20(16(21)19-15)11-4-5-13(17)14(18)8-11/h3-8H,2H2,1H3,(H,19,21). The molecule has 3 nitrogen and oxygen atoms in total. The quantitative estimate of drug-likeness (QED) is 0.757. The molecule has 0 saturated heterocycles. The largest absolute Gasteiger partial charge is 0.330 e. The number of carbonyl (C=O) groups excluding carboxylic acids is 1. The first kappa shape index (κ1) is 14.0. The minimum Gasteiger partial charge on any atom is -0.307 e. The van der Waals surface area contributed by atoms with Crippen molar-refractivity contribution in [3.05, 3.63) is 64.1 Å². The summed E-state index contributed by atoms with van der Waals surface area (Å²) < 4.78 is 0. The van der Waals surface area contributed by atoms with E-state index in [4.69, 9.17) is 23.2 Å². The van der Waals surface area contributed by atoms with Crippen molar-refractivity contribution in [3.8, 4) is 0 Å². The highest BCUT2D eigenvalue weighted by Gasteiger charge is 2.27. The number of nitrogens with zero attached hydrogens (tertiary/aromatic N) is 1. The molecule has 5 heteroatoms. The van der Waals surface area contributed by atoms with E-state index in [2.05, 4.69) is 11.9 Å². The van der Waals surface area contributed by atoms with Gasteiger partial charge in [-0.2, -0.15) is 0 Å². The molecule has 0 unspecified atom stereocenters. The molecular weight excluding hydrogens is 307 g/mol. The lowest BCUT2D eigenvalue weighted by atomic mass is 10.0. The molecule has 1 heterocycles. The molecule has 1 N–H and O–H groups in total. The Morgan fingerprint density at radius 1 is 1.10 bits per heavy atom. The minimum absolute atomic E-state index is 0.269. The van der Waals surface area contributed by atoms with Crippen molar-refractivity contribution < 1.29 is 4.79 Å². The molecule has 0 aliphatic carbocycles. The molecule has 0 fully saturated rings. The molecule has 1 aliphatic rings. The molecule has 0 atom stereocenters. The normalized spacial score (nSPS) is 14.0. The van der Waals surface area contributed by atoms with Gasteiger partial charge in [-0.1, -0.05) is 41.4 Å². The van der Waals surface area contributed by atoms with Crippen molar-refractivity contribution in [1.29, 1.82) is 0 Å². The van der Waals surface area contributed by atoms with Crippen LogP contribution in [0, 0.1) is 6.92 Å². The SMILES string of the molecule is C=C1c2cc(C)ccc2NC(=O)N1c1ccc(Cl)c(Cl)c1. The van der Waals surface area contributed by atoms with Crippen molar-refractivity contribution in [2.75, 3.05) is 10.2 Å². The number of anilines is 2. The molecule has 0 bridgehead atoms. The fourth-order valence-corrected chi connectivity index (χ4v) is 2.61. The molecule has 21 heavy (non-hydrogen) atoms. The van der Waals surface area contributed by atoms with Gasteiger partial charge in [0.2, 0.25) is 0 Å². The number of hydrogen-bond acceptors (Lipinski definition) is 1. The topological polar surface area (TPSA) is 32.3 Å². The van der Waals surface area contributed by atoms with Crippen LogP contribution in [-0.4, -0.2) is 6.03 Å². The maximum absolute atomic E-state index is 12.3. The predicted molar refractivity (Wildman–Crippen MR) is 88.2 cm³/mol. The van der Waals surface area contributed by atoms with Gasteiger partial charge in [-0.05, 0) is 37.3 Å². The average Bonchev–Trinajstić information content (AvgIpc) is 2.44. The fraction of sp³-hybridized carbons (Fsp3) is 0.0625. The average molecular weight is 319 g/mol. The Morgan fingerprint density at radius 3 is 2.57 bits per heavy atom. The number of fused-ring (bicyclic) bond motifs is 1. The van der Waals surface area contributed by atoms with Gasteiger partial charge in [0, 0.05) is 5.56 Å². The third-order valence-electron chi connectivity index (χ3n) is 3.36. The van der Waals surface area contributed by atoms with E-state index in [-0.39, 0.29) is 6.03 Å². The van der Waals surface area contributed by atoms with E-state index in [1.807, 2.05) is 25.1 Å². The number of urea groups is 1. The summed E-state index contributed by atoms with van der Waals surface area (Å²) in [6, 6.07) is 10.6. The van der Waals surface area contributed by atoms with Crippen LogP contribution in [0.5, 0.6) is 0 Å². The Balaban J connectivity index is 2.09. The van der Waals surface area contributed by atoms with Gasteiger partial charge < -0.3 is 5.32 Å². The van der Waals surface area contributed by atoms with E-state index in [0.29, 0.717) is 21.4 Å². The first-order valence-corrected chi connectivity index (χ1v) is 7.09. The van der Waals surface area contributed by atoms with Gasteiger partial charge >= 0.3 is 6.03 Å². The summed E-state index contributed by atoms with van der Waals surface area (Å²) in [7, 11) is 0. The Labute approximate surface area is 132 Å². The van der Waals surface area contributed by atoms with Gasteiger partial charge in [0.25, 0.3) is 0 Å². The second-order valence-corrected chi connectivity index (χ2v) is 5.67. The van der Waals surface area contributed by atoms with Crippen LogP contribution in [0.2, 0.25) is 10.0 Å². The third kappa shape index (κ3) is 2.39. The van der Waals surface area contributed by atoms with Crippen molar-refractivity contribution in [2.24, 2.45) is 0 Å². The summed E-state index contributed by atoms with van der Waals surface area (Å²) in [6.07, 6.45) is 0. The zero-order valence-electron chi connectivity index (χ0n) is 11.3. The smallest absolute Gasteiger partial charge is 0.307 e. The van der Waals surface area contributed by atoms with Gasteiger partial charge in [-0.3, -0.25) is 4.90 Å². The van der Waals surface area contributed by atoms with Crippen LogP contribution in [0.3, 0.4) is 0 Å². The van der Waals surface area contributed by atoms with Crippen molar-refractivity contribution in [3.63, 3.8) is 0 Å². The molecule has 2 amide bonds. The number of hydrogen-bond donors (Lipinski definition) is 1. The maximum atomic E-state index is 12.3. The van der Waals surface area contributed by atoms with E-state index >= 15 is 0 Å². The van der Waals surface area contributed by atoms with Crippen molar-refractivity contribution in [2.45, 2.75) is 6.92 Å². The number of aryl methyl sites for hydroxylation is 1. The Morgan fingerprint density at radius 2 is 1.86 bits per heavy atom. The summed E-state index contributed by atoms with van der Waals surface area (Å²) in [5, 5.41) is 3.69. The zero-order chi connectivity index (χ0) is 15.1. The van der Waals surface area contributed by atoms with Crippen LogP contribution < -0.4 is 10.2 Å². The van der Waals surface area contributed by atoms with E-state index in [1.165, 1.54) is 4.90 Å². The summed E-state index contributed by atoms with van der Waals surface area (Å²) in [6.45, 7) is 6.04. The molecule has 106 valence electrons. The summed E-state index contributed by atoms with van der Waals surface area (Å²) in [5.74, 6) is 0. The molecule has 0 spiro atoms. The summed E-state index contributed by atoms with van der Waals surface area (Å²) in [4.78, 5) is 13.8. The van der Waals surface area contributed by atoms with Gasteiger partial charge in [0.05, 0.1) is 27.1 Å². The van der Waals surface area contributed by atoms with Gasteiger partial charge in [-0.25, -0.2) is 4.79 Å². The van der Waals surface area contributed by atoms with Crippen molar-refractivity contribution >= 4 is 46.3 Å². The lowest BCUT2D eigenvalue weighted by Crippen LogP contribution is -2.37. The van der Waals surface area contributed by atoms with E-state index in [9.17, 15) is 4.79 Å². The molecule has 2 aromatic carbocycles. The Kier molecular flexibility index (Phi) is 3.40.